The van der Waals surface area contributed by atoms with Crippen molar-refractivity contribution in [1.29, 1.82) is 0 Å². The number of carbonyl (C=O) groups is 1. The van der Waals surface area contributed by atoms with Crippen molar-refractivity contribution >= 4 is 23.5 Å². The van der Waals surface area contributed by atoms with E-state index in [2.05, 4.69) is 20.6 Å². The van der Waals surface area contributed by atoms with Crippen LogP contribution in [0.4, 0.5) is 4.39 Å². The number of nitrogens with one attached hydrogen (secondary N) is 2. The first-order valence-corrected chi connectivity index (χ1v) is 9.30. The molecule has 2 atom stereocenters. The van der Waals surface area contributed by atoms with Crippen LogP contribution >= 0.6 is 11.8 Å². The van der Waals surface area contributed by atoms with Crippen LogP contribution < -0.4 is 10.8 Å². The molecule has 150 valence electrons. The average molecular weight is 411 g/mol. The first-order valence-electron chi connectivity index (χ1n) is 8.32. The maximum absolute atomic E-state index is 13.4. The zero-order valence-electron chi connectivity index (χ0n) is 14.5. The molecule has 0 spiro atoms. The Morgan fingerprint density at radius 3 is 3.04 bits per heavy atom. The van der Waals surface area contributed by atoms with Gasteiger partial charge in [-0.3, -0.25) is 20.5 Å². The van der Waals surface area contributed by atoms with Gasteiger partial charge in [0.2, 0.25) is 0 Å². The number of hydroxylamine groups is 1. The van der Waals surface area contributed by atoms with Gasteiger partial charge in [-0.2, -0.15) is 0 Å². The van der Waals surface area contributed by atoms with E-state index in [4.69, 9.17) is 9.74 Å². The molecule has 1 amide bonds. The Bertz CT molecular complexity index is 877. The molecule has 0 saturated heterocycles. The zero-order chi connectivity index (χ0) is 20.1. The molecule has 0 radical (unpaired) electrons. The van der Waals surface area contributed by atoms with Crippen LogP contribution in [0.1, 0.15) is 22.9 Å². The summed E-state index contributed by atoms with van der Waals surface area (Å²) in [6, 6.07) is 4.17. The quantitative estimate of drug-likeness (QED) is 0.131. The van der Waals surface area contributed by atoms with E-state index in [-0.39, 0.29) is 29.9 Å². The van der Waals surface area contributed by atoms with Crippen LogP contribution in [0.3, 0.4) is 0 Å². The molecule has 0 saturated carbocycles. The SMILES string of the molecule is O=C(NCCSc1nonc1C(=NC1Cc2ccc(F)cc21)NO)[C@H](O)CO. The number of carbonyl (C=O) groups excluding carboxylic acids is 1. The molecule has 10 nitrogen and oxygen atoms in total. The predicted molar refractivity (Wildman–Crippen MR) is 95.4 cm³/mol. The van der Waals surface area contributed by atoms with Crippen molar-refractivity contribution < 1.29 is 29.2 Å². The smallest absolute Gasteiger partial charge is 0.251 e. The topological polar surface area (TPSA) is 153 Å². The number of aliphatic imine (C=N–C) groups is 1. The summed E-state index contributed by atoms with van der Waals surface area (Å²) in [6.07, 6.45) is -0.866. The second-order valence-electron chi connectivity index (χ2n) is 5.91. The molecule has 12 heteroatoms. The van der Waals surface area contributed by atoms with Crippen molar-refractivity contribution in [1.82, 2.24) is 21.1 Å². The van der Waals surface area contributed by atoms with E-state index >= 15 is 0 Å². The van der Waals surface area contributed by atoms with Gasteiger partial charge in [0.1, 0.15) is 5.82 Å². The van der Waals surface area contributed by atoms with Crippen molar-refractivity contribution in [2.24, 2.45) is 4.99 Å². The number of hydrogen-bond donors (Lipinski definition) is 5. The van der Waals surface area contributed by atoms with Gasteiger partial charge in [0, 0.05) is 12.3 Å². The third kappa shape index (κ3) is 4.47. The van der Waals surface area contributed by atoms with Crippen LogP contribution in [-0.4, -0.2) is 62.5 Å². The molecule has 1 heterocycles. The fourth-order valence-corrected chi connectivity index (χ4v) is 3.36. The number of rotatable bonds is 8. The maximum atomic E-state index is 13.4. The zero-order valence-corrected chi connectivity index (χ0v) is 15.3. The first kappa shape index (κ1) is 20.2. The molecule has 0 aliphatic heterocycles. The number of benzene rings is 1. The molecule has 2 aromatic rings. The summed E-state index contributed by atoms with van der Waals surface area (Å²) in [4.78, 5) is 15.7. The van der Waals surface area contributed by atoms with E-state index in [0.717, 1.165) is 11.1 Å². The number of aliphatic hydroxyl groups is 2. The lowest BCUT2D eigenvalue weighted by Crippen LogP contribution is -2.37. The number of amidine groups is 1. The highest BCUT2D eigenvalue weighted by Crippen LogP contribution is 2.37. The van der Waals surface area contributed by atoms with E-state index < -0.39 is 18.6 Å². The lowest BCUT2D eigenvalue weighted by molar-refractivity contribution is -0.131. The second-order valence-corrected chi connectivity index (χ2v) is 6.99. The minimum Gasteiger partial charge on any atom is -0.393 e. The van der Waals surface area contributed by atoms with Gasteiger partial charge >= 0.3 is 0 Å². The highest BCUT2D eigenvalue weighted by atomic mass is 32.2. The fraction of sp³-hybridized carbons (Fsp3) is 0.375. The first-order chi connectivity index (χ1) is 13.5. The molecule has 1 aliphatic rings. The predicted octanol–water partition coefficient (Wildman–Crippen LogP) is -0.207. The van der Waals surface area contributed by atoms with E-state index in [9.17, 15) is 19.5 Å². The highest BCUT2D eigenvalue weighted by molar-refractivity contribution is 7.99. The Morgan fingerprint density at radius 1 is 1.46 bits per heavy atom. The van der Waals surface area contributed by atoms with Gasteiger partial charge < -0.3 is 15.5 Å². The van der Waals surface area contributed by atoms with Crippen LogP contribution in [0.25, 0.3) is 0 Å². The number of amides is 1. The summed E-state index contributed by atoms with van der Waals surface area (Å²) in [5.41, 5.74) is 3.88. The number of thioether (sulfide) groups is 1. The van der Waals surface area contributed by atoms with Gasteiger partial charge in [0.25, 0.3) is 5.91 Å². The Hall–Kier alpha value is -2.54. The number of nitrogens with zero attached hydrogens (tertiary/aromatic N) is 3. The molecule has 5 N–H and O–H groups in total. The summed E-state index contributed by atoms with van der Waals surface area (Å²) in [7, 11) is 0. The van der Waals surface area contributed by atoms with Crippen molar-refractivity contribution in [2.75, 3.05) is 18.9 Å². The Morgan fingerprint density at radius 2 is 2.29 bits per heavy atom. The van der Waals surface area contributed by atoms with Gasteiger partial charge in [-0.25, -0.2) is 9.02 Å². The van der Waals surface area contributed by atoms with Crippen LogP contribution in [0.2, 0.25) is 0 Å². The highest BCUT2D eigenvalue weighted by Gasteiger charge is 2.28. The van der Waals surface area contributed by atoms with E-state index in [1.807, 2.05) is 5.48 Å². The number of halogens is 1. The van der Waals surface area contributed by atoms with Crippen LogP contribution in [0, 0.1) is 5.82 Å². The number of fused-ring (bicyclic) bond motifs is 1. The van der Waals surface area contributed by atoms with E-state index in [1.165, 1.54) is 23.9 Å². The third-order valence-electron chi connectivity index (χ3n) is 4.07. The fourth-order valence-electron chi connectivity index (χ4n) is 2.61. The third-order valence-corrected chi connectivity index (χ3v) is 5.02. The van der Waals surface area contributed by atoms with Crippen LogP contribution in [0.5, 0.6) is 0 Å². The van der Waals surface area contributed by atoms with Crippen LogP contribution in [-0.2, 0) is 11.2 Å². The van der Waals surface area contributed by atoms with Crippen molar-refractivity contribution in [3.05, 3.63) is 40.8 Å². The van der Waals surface area contributed by atoms with E-state index in [0.29, 0.717) is 17.2 Å². The van der Waals surface area contributed by atoms with Gasteiger partial charge in [0.15, 0.2) is 22.7 Å². The van der Waals surface area contributed by atoms with Gasteiger partial charge in [0.05, 0.1) is 12.6 Å². The monoisotopic (exact) mass is 411 g/mol. The average Bonchev–Trinajstić information content (AvgIpc) is 3.15. The minimum absolute atomic E-state index is 0.0309. The van der Waals surface area contributed by atoms with Gasteiger partial charge in [-0.1, -0.05) is 17.8 Å². The molecular weight excluding hydrogens is 393 g/mol. The Kier molecular flexibility index (Phi) is 6.57. The lowest BCUT2D eigenvalue weighted by Gasteiger charge is -2.27. The minimum atomic E-state index is -1.47. The maximum Gasteiger partial charge on any atom is 0.251 e. The number of hydrogen-bond acceptors (Lipinski definition) is 9. The summed E-state index contributed by atoms with van der Waals surface area (Å²) in [6.45, 7) is -0.465. The molecule has 0 bridgehead atoms. The molecule has 1 aliphatic carbocycles. The normalized spacial score (nSPS) is 16.9. The summed E-state index contributed by atoms with van der Waals surface area (Å²) < 4.78 is 18.1. The molecule has 0 fully saturated rings. The number of aromatic nitrogens is 2. The largest absolute Gasteiger partial charge is 0.393 e. The summed E-state index contributed by atoms with van der Waals surface area (Å²) in [5.74, 6) is -0.647. The summed E-state index contributed by atoms with van der Waals surface area (Å²) in [5, 5.41) is 37.6. The molecule has 1 aromatic carbocycles. The van der Waals surface area contributed by atoms with Crippen LogP contribution in [0.15, 0.2) is 32.8 Å². The van der Waals surface area contributed by atoms with Gasteiger partial charge in [-0.05, 0) is 40.0 Å². The van der Waals surface area contributed by atoms with Crippen molar-refractivity contribution in [3.8, 4) is 0 Å². The number of aliphatic hydroxyl groups excluding tert-OH is 2. The molecular formula is C16H18FN5O5S. The standard InChI is InChI=1S/C16H18FN5O5S/c17-9-2-1-8-5-11(10(8)6-9)19-14(20-26)13-16(22-27-21-13)28-4-3-18-15(25)12(24)7-23/h1-2,6,11-12,23-24,26H,3-5,7H2,(H,18,25)(H,19,20)/t11?,12-/m1/s1. The molecule has 28 heavy (non-hydrogen) atoms. The van der Waals surface area contributed by atoms with E-state index in [1.54, 1.807) is 6.07 Å². The Balaban J connectivity index is 1.62. The second kappa shape index (κ2) is 9.10. The molecule has 3 rings (SSSR count). The molecule has 1 unspecified atom stereocenters. The van der Waals surface area contributed by atoms with Crippen molar-refractivity contribution in [2.45, 2.75) is 23.6 Å². The summed E-state index contributed by atoms with van der Waals surface area (Å²) >= 11 is 1.18. The molecule has 1 aromatic heterocycles. The van der Waals surface area contributed by atoms with Gasteiger partial charge in [-0.15, -0.1) is 0 Å². The lowest BCUT2D eigenvalue weighted by atomic mass is 9.83. The Labute approximate surface area is 162 Å². The van der Waals surface area contributed by atoms with Crippen molar-refractivity contribution in [3.63, 3.8) is 0 Å².